The molecule has 1 heterocycles. The Bertz CT molecular complexity index is 433. The van der Waals surface area contributed by atoms with Gasteiger partial charge in [-0.15, -0.1) is 0 Å². The Kier molecular flexibility index (Phi) is 4.21. The molecule has 18 heavy (non-hydrogen) atoms. The van der Waals surface area contributed by atoms with Crippen molar-refractivity contribution in [2.45, 2.75) is 18.6 Å². The van der Waals surface area contributed by atoms with Crippen LogP contribution in [0.3, 0.4) is 0 Å². The molecule has 0 bridgehead atoms. The molecule has 2 N–H and O–H groups in total. The minimum absolute atomic E-state index is 0.101. The van der Waals surface area contributed by atoms with Crippen LogP contribution < -0.4 is 5.32 Å². The number of nitrogens with zero attached hydrogens (tertiary/aromatic N) is 1. The summed E-state index contributed by atoms with van der Waals surface area (Å²) in [7, 11) is 0. The highest BCUT2D eigenvalue weighted by Crippen LogP contribution is 2.27. The van der Waals surface area contributed by atoms with E-state index in [1.807, 2.05) is 6.07 Å². The molecular weight excluding hydrogens is 252 g/mol. The average Bonchev–Trinajstić information content (AvgIpc) is 2.77. The van der Waals surface area contributed by atoms with Crippen molar-refractivity contribution in [2.75, 3.05) is 18.1 Å². The van der Waals surface area contributed by atoms with Gasteiger partial charge in [0, 0.05) is 31.0 Å². The van der Waals surface area contributed by atoms with Gasteiger partial charge in [-0.05, 0) is 17.7 Å². The normalized spacial score (nSPS) is 23.2. The molecule has 1 fully saturated rings. The third-order valence-corrected chi connectivity index (χ3v) is 4.22. The third kappa shape index (κ3) is 3.44. The molecule has 0 aromatic heterocycles. The summed E-state index contributed by atoms with van der Waals surface area (Å²) < 4.78 is 0. The van der Waals surface area contributed by atoms with Gasteiger partial charge in [-0.1, -0.05) is 12.1 Å². The fraction of sp³-hybridized carbons (Fsp3) is 0.500. The van der Waals surface area contributed by atoms with Crippen LogP contribution in [0.4, 0.5) is 5.69 Å². The van der Waals surface area contributed by atoms with Crippen LogP contribution in [0.15, 0.2) is 24.3 Å². The van der Waals surface area contributed by atoms with Crippen molar-refractivity contribution in [1.82, 2.24) is 5.32 Å². The second kappa shape index (κ2) is 5.69. The van der Waals surface area contributed by atoms with Crippen molar-refractivity contribution in [3.8, 4) is 0 Å². The van der Waals surface area contributed by atoms with E-state index < -0.39 is 10.5 Å². The minimum Gasteiger partial charge on any atom is -0.388 e. The summed E-state index contributed by atoms with van der Waals surface area (Å²) in [6.45, 7) is 1.07. The lowest BCUT2D eigenvalue weighted by atomic mass is 10.0. The summed E-state index contributed by atoms with van der Waals surface area (Å²) in [5.74, 6) is 1.75. The highest BCUT2D eigenvalue weighted by atomic mass is 32.2. The highest BCUT2D eigenvalue weighted by Gasteiger charge is 2.30. The van der Waals surface area contributed by atoms with E-state index in [2.05, 4.69) is 5.32 Å². The van der Waals surface area contributed by atoms with Gasteiger partial charge in [-0.2, -0.15) is 11.8 Å². The van der Waals surface area contributed by atoms with Gasteiger partial charge < -0.3 is 10.4 Å². The number of aliphatic hydroxyl groups is 1. The molecule has 0 amide bonds. The first-order chi connectivity index (χ1) is 8.59. The van der Waals surface area contributed by atoms with Crippen LogP contribution in [0.1, 0.15) is 12.0 Å². The van der Waals surface area contributed by atoms with Crippen LogP contribution in [0.2, 0.25) is 0 Å². The van der Waals surface area contributed by atoms with Crippen molar-refractivity contribution in [3.63, 3.8) is 0 Å². The van der Waals surface area contributed by atoms with Gasteiger partial charge in [0.1, 0.15) is 0 Å². The maximum absolute atomic E-state index is 10.6. The molecule has 1 unspecified atom stereocenters. The largest absolute Gasteiger partial charge is 0.388 e. The van der Waals surface area contributed by atoms with Crippen molar-refractivity contribution in [3.05, 3.63) is 39.9 Å². The number of hydrogen-bond donors (Lipinski definition) is 2. The maximum atomic E-state index is 10.6. The fourth-order valence-electron chi connectivity index (χ4n) is 1.96. The lowest BCUT2D eigenvalue weighted by Gasteiger charge is -2.21. The Morgan fingerprint density at radius 1 is 1.56 bits per heavy atom. The quantitative estimate of drug-likeness (QED) is 0.626. The molecule has 0 saturated carbocycles. The second-order valence-corrected chi connectivity index (χ2v) is 5.66. The molecule has 2 rings (SSSR count). The molecule has 0 aliphatic carbocycles. The molecule has 1 atom stereocenters. The van der Waals surface area contributed by atoms with Gasteiger partial charge in [0.15, 0.2) is 0 Å². The van der Waals surface area contributed by atoms with Crippen LogP contribution in [0, 0.1) is 10.1 Å². The fourth-order valence-corrected chi connectivity index (χ4v) is 3.25. The van der Waals surface area contributed by atoms with E-state index in [0.29, 0.717) is 13.1 Å². The Morgan fingerprint density at radius 3 is 3.06 bits per heavy atom. The van der Waals surface area contributed by atoms with Gasteiger partial charge >= 0.3 is 0 Å². The van der Waals surface area contributed by atoms with E-state index in [1.54, 1.807) is 23.9 Å². The summed E-state index contributed by atoms with van der Waals surface area (Å²) >= 11 is 1.75. The number of rotatable bonds is 5. The van der Waals surface area contributed by atoms with Crippen molar-refractivity contribution >= 4 is 17.4 Å². The SMILES string of the molecule is O=[N+]([O-])c1cccc(CNCC2(O)CCSC2)c1. The van der Waals surface area contributed by atoms with E-state index in [9.17, 15) is 15.2 Å². The highest BCUT2D eigenvalue weighted by molar-refractivity contribution is 7.99. The van der Waals surface area contributed by atoms with Crippen molar-refractivity contribution < 1.29 is 10.0 Å². The Hall–Kier alpha value is -1.11. The van der Waals surface area contributed by atoms with Crippen molar-refractivity contribution in [2.24, 2.45) is 0 Å². The molecule has 98 valence electrons. The Morgan fingerprint density at radius 2 is 2.39 bits per heavy atom. The summed E-state index contributed by atoms with van der Waals surface area (Å²) in [6, 6.07) is 6.55. The number of nitrogens with one attached hydrogen (secondary N) is 1. The number of non-ortho nitro benzene ring substituents is 1. The first kappa shape index (κ1) is 13.3. The average molecular weight is 268 g/mol. The van der Waals surface area contributed by atoms with Gasteiger partial charge in [0.25, 0.3) is 5.69 Å². The van der Waals surface area contributed by atoms with Gasteiger partial charge in [0.2, 0.25) is 0 Å². The molecule has 1 aliphatic heterocycles. The zero-order valence-corrected chi connectivity index (χ0v) is 10.8. The Balaban J connectivity index is 1.86. The topological polar surface area (TPSA) is 75.4 Å². The van der Waals surface area contributed by atoms with E-state index in [4.69, 9.17) is 0 Å². The summed E-state index contributed by atoms with van der Waals surface area (Å²) in [4.78, 5) is 10.2. The van der Waals surface area contributed by atoms with E-state index in [1.165, 1.54) is 6.07 Å². The zero-order valence-electron chi connectivity index (χ0n) is 9.96. The zero-order chi connectivity index (χ0) is 13.0. The molecule has 6 heteroatoms. The predicted octanol–water partition coefficient (Wildman–Crippen LogP) is 1.55. The Labute approximate surface area is 110 Å². The second-order valence-electron chi connectivity index (χ2n) is 4.56. The summed E-state index contributed by atoms with van der Waals surface area (Å²) in [5, 5.41) is 23.9. The number of thioether (sulfide) groups is 1. The third-order valence-electron chi connectivity index (χ3n) is 2.99. The monoisotopic (exact) mass is 268 g/mol. The van der Waals surface area contributed by atoms with Gasteiger partial charge in [-0.3, -0.25) is 10.1 Å². The van der Waals surface area contributed by atoms with Gasteiger partial charge in [-0.25, -0.2) is 0 Å². The van der Waals surface area contributed by atoms with Crippen LogP contribution >= 0.6 is 11.8 Å². The van der Waals surface area contributed by atoms with Gasteiger partial charge in [0.05, 0.1) is 10.5 Å². The first-order valence-electron chi connectivity index (χ1n) is 5.83. The minimum atomic E-state index is -0.620. The summed E-state index contributed by atoms with van der Waals surface area (Å²) in [6.07, 6.45) is 0.805. The van der Waals surface area contributed by atoms with E-state index >= 15 is 0 Å². The first-order valence-corrected chi connectivity index (χ1v) is 6.99. The predicted molar refractivity (Wildman–Crippen MR) is 71.7 cm³/mol. The van der Waals surface area contributed by atoms with Crippen molar-refractivity contribution in [1.29, 1.82) is 0 Å². The smallest absolute Gasteiger partial charge is 0.269 e. The van der Waals surface area contributed by atoms with Crippen LogP contribution in [0.25, 0.3) is 0 Å². The lowest BCUT2D eigenvalue weighted by molar-refractivity contribution is -0.384. The standard InChI is InChI=1S/C12H16N2O3S/c15-12(4-5-18-9-12)8-13-7-10-2-1-3-11(6-10)14(16)17/h1-3,6,13,15H,4-5,7-9H2. The summed E-state index contributed by atoms with van der Waals surface area (Å²) in [5.41, 5.74) is 0.341. The molecule has 0 radical (unpaired) electrons. The number of nitro groups is 1. The maximum Gasteiger partial charge on any atom is 0.269 e. The lowest BCUT2D eigenvalue weighted by Crippen LogP contribution is -2.40. The number of hydrogen-bond acceptors (Lipinski definition) is 5. The molecule has 5 nitrogen and oxygen atoms in total. The van der Waals surface area contributed by atoms with E-state index in [-0.39, 0.29) is 5.69 Å². The molecule has 1 aromatic rings. The van der Waals surface area contributed by atoms with Crippen LogP contribution in [-0.4, -0.2) is 33.7 Å². The molecule has 0 spiro atoms. The van der Waals surface area contributed by atoms with E-state index in [0.717, 1.165) is 23.5 Å². The molecule has 1 saturated heterocycles. The van der Waals surface area contributed by atoms with Crippen LogP contribution in [0.5, 0.6) is 0 Å². The number of nitro benzene ring substituents is 1. The molecule has 1 aromatic carbocycles. The van der Waals surface area contributed by atoms with Crippen LogP contribution in [-0.2, 0) is 6.54 Å². The molecular formula is C12H16N2O3S. The number of benzene rings is 1. The molecule has 1 aliphatic rings.